The molecule has 28 heavy (non-hydrogen) atoms. The minimum atomic E-state index is -1.18. The third-order valence-electron chi connectivity index (χ3n) is 3.76. The molecule has 2 rings (SSSR count). The number of hydrogen-bond acceptors (Lipinski definition) is 5. The van der Waals surface area contributed by atoms with Crippen molar-refractivity contribution in [2.75, 3.05) is 7.11 Å². The maximum Gasteiger partial charge on any atom is 0.358 e. The Bertz CT molecular complexity index is 912. The van der Waals surface area contributed by atoms with Gasteiger partial charge >= 0.3 is 5.97 Å². The molecule has 8 heteroatoms. The second kappa shape index (κ2) is 9.85. The summed E-state index contributed by atoms with van der Waals surface area (Å²) in [7, 11) is 1.60. The van der Waals surface area contributed by atoms with Crippen LogP contribution in [0, 0.1) is 0 Å². The largest absolute Gasteiger partial charge is 0.497 e. The van der Waals surface area contributed by atoms with Gasteiger partial charge in [-0.25, -0.2) is 9.48 Å². The molecule has 7 nitrogen and oxygen atoms in total. The third kappa shape index (κ3) is 5.53. The zero-order valence-corrected chi connectivity index (χ0v) is 17.0. The second-order valence-electron chi connectivity index (χ2n) is 6.08. The summed E-state index contributed by atoms with van der Waals surface area (Å²) in [6, 6.07) is 7.42. The zero-order chi connectivity index (χ0) is 20.7. The Kier molecular flexibility index (Phi) is 7.52. The van der Waals surface area contributed by atoms with Gasteiger partial charge in [0, 0.05) is 5.71 Å². The normalized spacial score (nSPS) is 13.8. The summed E-state index contributed by atoms with van der Waals surface area (Å²) in [5.74, 6) is -0.445. The fourth-order valence-electron chi connectivity index (χ4n) is 2.58. The molecule has 0 aliphatic carbocycles. The first-order valence-electron chi connectivity index (χ1n) is 8.69. The van der Waals surface area contributed by atoms with E-state index in [-0.39, 0.29) is 11.1 Å². The summed E-state index contributed by atoms with van der Waals surface area (Å²) in [5, 5.41) is 17.1. The lowest BCUT2D eigenvalue weighted by Gasteiger charge is -2.10. The molecule has 0 radical (unpaired) electrons. The Balaban J connectivity index is 2.56. The Morgan fingerprint density at radius 3 is 2.61 bits per heavy atom. The van der Waals surface area contributed by atoms with Crippen LogP contribution in [0.4, 0.5) is 0 Å². The SMILES string of the molecule is C\C=C/C(C)=N/C(=C\C(C)Cl)c1c(C(=O)O)nnn1Cc1ccc(OC)cc1. The Labute approximate surface area is 169 Å². The molecule has 2 aromatic rings. The number of carboxylic acid groups (broad SMARTS) is 1. The van der Waals surface area contributed by atoms with Crippen molar-refractivity contribution in [2.24, 2.45) is 4.99 Å². The first-order chi connectivity index (χ1) is 13.3. The number of methoxy groups -OCH3 is 1. The number of ether oxygens (including phenoxy) is 1. The van der Waals surface area contributed by atoms with E-state index in [1.165, 1.54) is 4.68 Å². The number of benzene rings is 1. The minimum absolute atomic E-state index is 0.172. The lowest BCUT2D eigenvalue weighted by molar-refractivity contribution is 0.0690. The zero-order valence-electron chi connectivity index (χ0n) is 16.3. The molecule has 0 saturated carbocycles. The Morgan fingerprint density at radius 2 is 2.07 bits per heavy atom. The number of hydrogen-bond donors (Lipinski definition) is 1. The van der Waals surface area contributed by atoms with E-state index in [0.29, 0.717) is 23.6 Å². The standard InChI is InChI=1S/C20H23ClN4O3/c1-5-6-14(3)22-17(11-13(2)21)19-18(20(26)27)23-24-25(19)12-15-7-9-16(28-4)10-8-15/h5-11,13H,12H2,1-4H3,(H,26,27)/b6-5-,17-11-,22-14+. The molecular formula is C20H23ClN4O3. The number of nitrogens with zero attached hydrogens (tertiary/aromatic N) is 4. The summed E-state index contributed by atoms with van der Waals surface area (Å²) in [6.07, 6.45) is 5.36. The van der Waals surface area contributed by atoms with Crippen molar-refractivity contribution < 1.29 is 14.6 Å². The van der Waals surface area contributed by atoms with E-state index >= 15 is 0 Å². The van der Waals surface area contributed by atoms with E-state index in [4.69, 9.17) is 16.3 Å². The Morgan fingerprint density at radius 1 is 1.39 bits per heavy atom. The molecule has 1 atom stereocenters. The van der Waals surface area contributed by atoms with Crippen LogP contribution in [0.15, 0.2) is 47.5 Å². The van der Waals surface area contributed by atoms with Crippen LogP contribution in [-0.4, -0.2) is 44.3 Å². The van der Waals surface area contributed by atoms with Gasteiger partial charge in [-0.3, -0.25) is 4.99 Å². The molecule has 0 bridgehead atoms. The summed E-state index contributed by atoms with van der Waals surface area (Å²) >= 11 is 6.15. The maximum atomic E-state index is 11.7. The van der Waals surface area contributed by atoms with Crippen LogP contribution in [0.3, 0.4) is 0 Å². The number of aromatic carboxylic acids is 1. The number of allylic oxidation sites excluding steroid dienone is 3. The molecule has 0 aliphatic heterocycles. The van der Waals surface area contributed by atoms with E-state index < -0.39 is 5.97 Å². The van der Waals surface area contributed by atoms with E-state index in [2.05, 4.69) is 15.3 Å². The minimum Gasteiger partial charge on any atom is -0.497 e. The highest BCUT2D eigenvalue weighted by Crippen LogP contribution is 2.23. The molecule has 1 aromatic heterocycles. The highest BCUT2D eigenvalue weighted by atomic mass is 35.5. The first-order valence-corrected chi connectivity index (χ1v) is 9.13. The maximum absolute atomic E-state index is 11.7. The summed E-state index contributed by atoms with van der Waals surface area (Å²) in [6.45, 7) is 5.81. The average Bonchev–Trinajstić information content (AvgIpc) is 3.05. The number of carbonyl (C=O) groups is 1. The van der Waals surface area contributed by atoms with Crippen LogP contribution >= 0.6 is 11.6 Å². The van der Waals surface area contributed by atoms with Crippen molar-refractivity contribution in [3.63, 3.8) is 0 Å². The predicted octanol–water partition coefficient (Wildman–Crippen LogP) is 4.04. The van der Waals surface area contributed by atoms with Gasteiger partial charge < -0.3 is 9.84 Å². The molecule has 1 unspecified atom stereocenters. The summed E-state index contributed by atoms with van der Waals surface area (Å²) in [5.41, 5.74) is 2.17. The molecule has 1 aromatic carbocycles. The van der Waals surface area contributed by atoms with Gasteiger partial charge in [0.2, 0.25) is 0 Å². The van der Waals surface area contributed by atoms with Crippen LogP contribution in [0.25, 0.3) is 5.70 Å². The van der Waals surface area contributed by atoms with Gasteiger partial charge in [0.05, 0.1) is 24.7 Å². The summed E-state index contributed by atoms with van der Waals surface area (Å²) in [4.78, 5) is 16.3. The number of rotatable bonds is 8. The van der Waals surface area contributed by atoms with Crippen molar-refractivity contribution in [3.8, 4) is 5.75 Å². The Hall–Kier alpha value is -2.93. The van der Waals surface area contributed by atoms with Crippen molar-refractivity contribution in [3.05, 3.63) is 59.4 Å². The average molecular weight is 403 g/mol. The molecule has 0 fully saturated rings. The second-order valence-corrected chi connectivity index (χ2v) is 6.77. The van der Waals surface area contributed by atoms with Crippen LogP contribution in [-0.2, 0) is 6.54 Å². The molecule has 0 aliphatic rings. The first kappa shape index (κ1) is 21.4. The van der Waals surface area contributed by atoms with E-state index in [0.717, 1.165) is 11.3 Å². The summed E-state index contributed by atoms with van der Waals surface area (Å²) < 4.78 is 6.68. The number of alkyl halides is 1. The number of halogens is 1. The highest BCUT2D eigenvalue weighted by molar-refractivity contribution is 6.22. The quantitative estimate of drug-likeness (QED) is 0.531. The molecule has 0 spiro atoms. The van der Waals surface area contributed by atoms with Gasteiger partial charge in [-0.2, -0.15) is 0 Å². The van der Waals surface area contributed by atoms with Crippen molar-refractivity contribution >= 4 is 29.0 Å². The monoisotopic (exact) mass is 402 g/mol. The van der Waals surface area contributed by atoms with Gasteiger partial charge in [-0.05, 0) is 50.6 Å². The topological polar surface area (TPSA) is 89.6 Å². The smallest absolute Gasteiger partial charge is 0.358 e. The van der Waals surface area contributed by atoms with Gasteiger partial charge in [0.15, 0.2) is 5.69 Å². The van der Waals surface area contributed by atoms with Crippen LogP contribution < -0.4 is 4.74 Å². The van der Waals surface area contributed by atoms with E-state index in [1.54, 1.807) is 20.1 Å². The lowest BCUT2D eigenvalue weighted by Crippen LogP contribution is -2.10. The highest BCUT2D eigenvalue weighted by Gasteiger charge is 2.23. The van der Waals surface area contributed by atoms with Gasteiger partial charge in [-0.1, -0.05) is 23.4 Å². The van der Waals surface area contributed by atoms with Gasteiger partial charge in [0.25, 0.3) is 0 Å². The molecule has 0 amide bonds. The molecule has 148 valence electrons. The van der Waals surface area contributed by atoms with Crippen LogP contribution in [0.1, 0.15) is 42.5 Å². The fraction of sp³-hybridized carbons (Fsp3) is 0.300. The van der Waals surface area contributed by atoms with E-state index in [9.17, 15) is 9.90 Å². The predicted molar refractivity (Wildman–Crippen MR) is 110 cm³/mol. The molecule has 1 heterocycles. The van der Waals surface area contributed by atoms with Crippen LogP contribution in [0.2, 0.25) is 0 Å². The fourth-order valence-corrected chi connectivity index (χ4v) is 2.70. The van der Waals surface area contributed by atoms with Crippen molar-refractivity contribution in [1.82, 2.24) is 15.0 Å². The van der Waals surface area contributed by atoms with Gasteiger partial charge in [-0.15, -0.1) is 16.7 Å². The van der Waals surface area contributed by atoms with Crippen molar-refractivity contribution in [1.29, 1.82) is 0 Å². The number of aromatic nitrogens is 3. The van der Waals surface area contributed by atoms with Crippen LogP contribution in [0.5, 0.6) is 5.75 Å². The molecule has 0 saturated heterocycles. The third-order valence-corrected chi connectivity index (χ3v) is 3.89. The van der Waals surface area contributed by atoms with Gasteiger partial charge in [0.1, 0.15) is 11.4 Å². The number of aliphatic imine (C=N–C) groups is 1. The number of carboxylic acids is 1. The van der Waals surface area contributed by atoms with E-state index in [1.807, 2.05) is 50.3 Å². The molecular weight excluding hydrogens is 380 g/mol. The van der Waals surface area contributed by atoms with Crippen molar-refractivity contribution in [2.45, 2.75) is 32.7 Å². The lowest BCUT2D eigenvalue weighted by atomic mass is 10.1. The molecule has 1 N–H and O–H groups in total.